The molecule has 0 spiro atoms. The summed E-state index contributed by atoms with van der Waals surface area (Å²) in [6.07, 6.45) is 12.5. The fourth-order valence-electron chi connectivity index (χ4n) is 7.36. The van der Waals surface area contributed by atoms with Crippen LogP contribution in [0.5, 0.6) is 11.5 Å². The number of allylic oxidation sites excluding steroid dienone is 8. The molecule has 1 heterocycles. The van der Waals surface area contributed by atoms with Crippen molar-refractivity contribution in [2.75, 3.05) is 0 Å². The standard InChI is InChI=1S/C52H42O4/c1-35(33-39-15-5-6-16-39)37(3)49(41-19-9-10-20-41)54-45-29-25-43(26-30-45)52(48-24-14-13-23-47(48)51(53)56-52)44-27-31-46(32-28-44)55-50(42-21-11-12-22-42)38(4)36(2)34-40-17-7-8-18-40/h5-34H,1-4H3/q-4/b35-33-,36-34-,49-37+. The fraction of sp³-hybridized carbons (Fsp3) is 0.0962. The number of rotatable bonds is 12. The van der Waals surface area contributed by atoms with Crippen molar-refractivity contribution in [2.24, 2.45) is 0 Å². The summed E-state index contributed by atoms with van der Waals surface area (Å²) in [5.41, 5.74) is 9.33. The maximum atomic E-state index is 13.5. The van der Waals surface area contributed by atoms with Crippen LogP contribution in [-0.4, -0.2) is 5.97 Å². The number of ether oxygens (including phenoxy) is 3. The highest BCUT2D eigenvalue weighted by atomic mass is 16.6. The fourth-order valence-corrected chi connectivity index (χ4v) is 7.36. The highest BCUT2D eigenvalue weighted by Gasteiger charge is 2.48. The third-order valence-electron chi connectivity index (χ3n) is 10.6. The van der Waals surface area contributed by atoms with Crippen molar-refractivity contribution in [3.05, 3.63) is 243 Å². The molecule has 0 amide bonds. The van der Waals surface area contributed by atoms with E-state index in [1.54, 1.807) is 0 Å². The number of benzene rings is 3. The summed E-state index contributed by atoms with van der Waals surface area (Å²) in [6.45, 7) is 8.39. The summed E-state index contributed by atoms with van der Waals surface area (Å²) in [4.78, 5) is 13.5. The predicted octanol–water partition coefficient (Wildman–Crippen LogP) is 12.7. The summed E-state index contributed by atoms with van der Waals surface area (Å²) < 4.78 is 19.8. The highest BCUT2D eigenvalue weighted by molar-refractivity contribution is 5.96. The van der Waals surface area contributed by atoms with Crippen molar-refractivity contribution >= 4 is 23.9 Å². The molecule has 0 N–H and O–H groups in total. The summed E-state index contributed by atoms with van der Waals surface area (Å²) in [5.74, 6) is 3.59. The highest BCUT2D eigenvalue weighted by Crippen LogP contribution is 2.48. The first-order valence-corrected chi connectivity index (χ1v) is 18.9. The van der Waals surface area contributed by atoms with Crippen LogP contribution in [0.4, 0.5) is 0 Å². The van der Waals surface area contributed by atoms with Gasteiger partial charge in [0.2, 0.25) is 0 Å². The second kappa shape index (κ2) is 15.4. The Morgan fingerprint density at radius 2 is 1.39 bits per heavy atom. The zero-order valence-electron chi connectivity index (χ0n) is 32.0. The van der Waals surface area contributed by atoms with Gasteiger partial charge in [0.15, 0.2) is 5.60 Å². The first-order valence-electron chi connectivity index (χ1n) is 18.9. The van der Waals surface area contributed by atoms with E-state index in [1.807, 2.05) is 121 Å². The molecule has 0 fully saturated rings. The minimum Gasteiger partial charge on any atom is -0.482 e. The summed E-state index contributed by atoms with van der Waals surface area (Å²) >= 11 is 0. The van der Waals surface area contributed by atoms with E-state index in [4.69, 9.17) is 14.2 Å². The molecule has 56 heavy (non-hydrogen) atoms. The molecule has 2 aliphatic rings. The smallest absolute Gasteiger partial charge is 0.340 e. The van der Waals surface area contributed by atoms with Gasteiger partial charge in [-0.15, -0.1) is 59.5 Å². The van der Waals surface area contributed by atoms with Crippen molar-refractivity contribution in [1.29, 1.82) is 0 Å². The van der Waals surface area contributed by atoms with Crippen LogP contribution in [0.25, 0.3) is 17.9 Å². The lowest BCUT2D eigenvalue weighted by Gasteiger charge is -2.31. The third kappa shape index (κ3) is 7.05. The van der Waals surface area contributed by atoms with Crippen LogP contribution in [0.2, 0.25) is 0 Å². The second-order valence-electron chi connectivity index (χ2n) is 14.2. The molecular weight excluding hydrogens is 689 g/mol. The largest absolute Gasteiger partial charge is 0.482 e. The number of cyclic esters (lactones) is 1. The quantitative estimate of drug-likeness (QED) is 0.0544. The first-order chi connectivity index (χ1) is 27.3. The van der Waals surface area contributed by atoms with E-state index in [0.29, 0.717) is 17.1 Å². The Labute approximate surface area is 329 Å². The lowest BCUT2D eigenvalue weighted by atomic mass is 9.80. The molecule has 0 saturated carbocycles. The van der Waals surface area contributed by atoms with E-state index in [0.717, 1.165) is 73.1 Å². The monoisotopic (exact) mass is 730 g/mol. The summed E-state index contributed by atoms with van der Waals surface area (Å²) in [6, 6.07) is 48.0. The molecule has 0 aromatic heterocycles. The second-order valence-corrected chi connectivity index (χ2v) is 14.2. The van der Waals surface area contributed by atoms with Crippen LogP contribution in [0.15, 0.2) is 198 Å². The molecule has 1 aliphatic heterocycles. The normalized spacial score (nSPS) is 16.8. The number of carbonyl (C=O) groups is 1. The van der Waals surface area contributed by atoms with E-state index >= 15 is 0 Å². The molecule has 6 aromatic rings. The molecular formula is C52H42O4-4. The van der Waals surface area contributed by atoms with E-state index in [9.17, 15) is 4.79 Å². The van der Waals surface area contributed by atoms with Gasteiger partial charge >= 0.3 is 5.97 Å². The van der Waals surface area contributed by atoms with Gasteiger partial charge in [-0.1, -0.05) is 93.4 Å². The van der Waals surface area contributed by atoms with Crippen LogP contribution in [0.3, 0.4) is 0 Å². The Bertz CT molecular complexity index is 2500. The number of esters is 1. The van der Waals surface area contributed by atoms with Gasteiger partial charge in [0, 0.05) is 28.2 Å². The first kappa shape index (κ1) is 36.1. The molecule has 1 atom stereocenters. The molecule has 0 radical (unpaired) electrons. The Morgan fingerprint density at radius 3 is 2.04 bits per heavy atom. The zero-order valence-corrected chi connectivity index (χ0v) is 32.0. The van der Waals surface area contributed by atoms with Crippen LogP contribution in [-0.2, 0) is 10.3 Å². The van der Waals surface area contributed by atoms with Gasteiger partial charge in [-0.3, -0.25) is 0 Å². The Kier molecular flexibility index (Phi) is 9.95. The number of carbonyl (C=O) groups excluding carboxylic acids is 1. The van der Waals surface area contributed by atoms with Crippen LogP contribution >= 0.6 is 0 Å². The molecule has 8 rings (SSSR count). The molecule has 4 nitrogen and oxygen atoms in total. The topological polar surface area (TPSA) is 44.8 Å². The average Bonchev–Trinajstić information content (AvgIpc) is 4.08. The SMILES string of the molecule is CC(=C/[c-]1cccc1)/C(C)=C(/Oc1ccc(C2(c3ccc(OC(=C4C=CC=C4)[C-](C)/C(C)=C\c4cc[cH-]c4)cc3)OC(=O)c3ccccc32)cc1)[c-]1cccc1. The molecule has 278 valence electrons. The minimum atomic E-state index is -1.18. The van der Waals surface area contributed by atoms with Gasteiger partial charge in [0.1, 0.15) is 11.5 Å². The molecule has 0 bridgehead atoms. The maximum Gasteiger partial charge on any atom is 0.340 e. The summed E-state index contributed by atoms with van der Waals surface area (Å²) in [5, 5.41) is 0. The Balaban J connectivity index is 1.13. The number of fused-ring (bicyclic) bond motifs is 1. The number of hydrogen-bond donors (Lipinski definition) is 0. The number of hydrogen-bond acceptors (Lipinski definition) is 4. The van der Waals surface area contributed by atoms with Crippen LogP contribution < -0.4 is 9.47 Å². The lowest BCUT2D eigenvalue weighted by molar-refractivity contribution is 0.0251. The van der Waals surface area contributed by atoms with Crippen molar-refractivity contribution in [2.45, 2.75) is 33.3 Å². The predicted molar refractivity (Wildman–Crippen MR) is 226 cm³/mol. The summed E-state index contributed by atoms with van der Waals surface area (Å²) in [7, 11) is 0. The third-order valence-corrected chi connectivity index (χ3v) is 10.6. The van der Waals surface area contributed by atoms with E-state index < -0.39 is 5.60 Å². The lowest BCUT2D eigenvalue weighted by Crippen LogP contribution is -2.29. The molecule has 4 heteroatoms. The van der Waals surface area contributed by atoms with Crippen LogP contribution in [0, 0.1) is 5.92 Å². The average molecular weight is 731 g/mol. The van der Waals surface area contributed by atoms with Crippen molar-refractivity contribution in [3.63, 3.8) is 0 Å². The van der Waals surface area contributed by atoms with Crippen molar-refractivity contribution in [3.8, 4) is 11.5 Å². The van der Waals surface area contributed by atoms with Gasteiger partial charge < -0.3 is 14.2 Å². The van der Waals surface area contributed by atoms with E-state index in [2.05, 4.69) is 88.4 Å². The molecule has 6 aromatic carbocycles. The van der Waals surface area contributed by atoms with Gasteiger partial charge in [-0.05, 0) is 30.3 Å². The van der Waals surface area contributed by atoms with Gasteiger partial charge in [-0.2, -0.15) is 53.6 Å². The minimum absolute atomic E-state index is 0.366. The maximum absolute atomic E-state index is 13.5. The van der Waals surface area contributed by atoms with E-state index in [1.165, 1.54) is 0 Å². The molecule has 1 aliphatic carbocycles. The Hall–Kier alpha value is -6.91. The van der Waals surface area contributed by atoms with E-state index in [-0.39, 0.29) is 5.97 Å². The van der Waals surface area contributed by atoms with Crippen LogP contribution in [0.1, 0.15) is 71.4 Å². The zero-order chi connectivity index (χ0) is 38.6. The van der Waals surface area contributed by atoms with Gasteiger partial charge in [-0.25, -0.2) is 22.5 Å². The molecule has 0 saturated heterocycles. The van der Waals surface area contributed by atoms with Crippen molar-refractivity contribution < 1.29 is 19.0 Å². The Morgan fingerprint density at radius 1 is 0.768 bits per heavy atom. The van der Waals surface area contributed by atoms with Gasteiger partial charge in [0.05, 0.1) is 5.56 Å². The van der Waals surface area contributed by atoms with Gasteiger partial charge in [0.25, 0.3) is 0 Å². The molecule has 1 unspecified atom stereocenters. The van der Waals surface area contributed by atoms with Crippen molar-refractivity contribution in [1.82, 2.24) is 0 Å².